The summed E-state index contributed by atoms with van der Waals surface area (Å²) in [6.07, 6.45) is 1.46. The number of hydrogen-bond donors (Lipinski definition) is 4. The monoisotopic (exact) mass is 494 g/mol. The fraction of sp³-hybridized carbons (Fsp3) is 0.926. The lowest BCUT2D eigenvalue weighted by atomic mass is 9.44. The number of rotatable bonds is 4. The van der Waals surface area contributed by atoms with Crippen LogP contribution < -0.4 is 0 Å². The molecule has 35 heavy (non-hydrogen) atoms. The van der Waals surface area contributed by atoms with E-state index in [2.05, 4.69) is 13.8 Å². The largest absolute Gasteiger partial charge is 0.479 e. The van der Waals surface area contributed by atoms with Crippen LogP contribution in [0.15, 0.2) is 0 Å². The van der Waals surface area contributed by atoms with E-state index in [9.17, 15) is 30.0 Å². The lowest BCUT2D eigenvalue weighted by Crippen LogP contribution is -2.61. The third-order valence-corrected chi connectivity index (χ3v) is 11.2. The van der Waals surface area contributed by atoms with Crippen molar-refractivity contribution in [2.24, 2.45) is 40.4 Å². The van der Waals surface area contributed by atoms with Gasteiger partial charge in [0.05, 0.1) is 6.10 Å². The summed E-state index contributed by atoms with van der Waals surface area (Å²) in [4.78, 5) is 23.8. The van der Waals surface area contributed by atoms with Crippen molar-refractivity contribution in [1.82, 2.24) is 0 Å². The number of aliphatic hydroxyl groups excluding tert-OH is 3. The van der Waals surface area contributed by atoms with Crippen LogP contribution in [0.4, 0.5) is 0 Å². The van der Waals surface area contributed by atoms with E-state index in [0.29, 0.717) is 29.5 Å². The Bertz CT molecular complexity index is 847. The minimum atomic E-state index is -1.71. The van der Waals surface area contributed by atoms with Crippen molar-refractivity contribution in [2.45, 2.75) is 115 Å². The van der Waals surface area contributed by atoms with E-state index in [4.69, 9.17) is 9.47 Å². The molecule has 5 rings (SSSR count). The van der Waals surface area contributed by atoms with Crippen molar-refractivity contribution >= 4 is 11.8 Å². The van der Waals surface area contributed by atoms with Crippen LogP contribution in [0.1, 0.15) is 78.6 Å². The Morgan fingerprint density at radius 1 is 0.857 bits per heavy atom. The number of carboxylic acid groups (broad SMARTS) is 1. The molecule has 3 unspecified atom stereocenters. The number of hydrogen-bond acceptors (Lipinski definition) is 7. The molecule has 0 aromatic heterocycles. The Morgan fingerprint density at radius 3 is 2.23 bits per heavy atom. The van der Waals surface area contributed by atoms with Crippen molar-refractivity contribution in [3.8, 4) is 0 Å². The summed E-state index contributed by atoms with van der Waals surface area (Å²) in [6, 6.07) is 0. The summed E-state index contributed by atoms with van der Waals surface area (Å²) in [7, 11) is 0. The first-order chi connectivity index (χ1) is 16.5. The summed E-state index contributed by atoms with van der Waals surface area (Å²) in [5.41, 5.74) is 0.362. The van der Waals surface area contributed by atoms with Crippen molar-refractivity contribution < 1.29 is 39.5 Å². The Balaban J connectivity index is 1.26. The first-order valence-corrected chi connectivity index (χ1v) is 13.6. The number of aliphatic carboxylic acids is 1. The minimum absolute atomic E-state index is 0.150. The van der Waals surface area contributed by atoms with Gasteiger partial charge >= 0.3 is 5.97 Å². The SMILES string of the molecule is CC(=O)[C@H]1CC[C@H]2[C@@H]3CC[C@H]4C[C@H](O[C@@H]5OC(C(=O)O)[C@H](O)C(O)C5O)CC[C@]4(C)[C@H]3CC[C@]12C. The molecule has 4 saturated carbocycles. The molecule has 1 heterocycles. The topological polar surface area (TPSA) is 134 Å². The number of Topliss-reactive ketones (excluding diaryl/α,β-unsaturated/α-hetero) is 1. The molecule has 0 aromatic carbocycles. The van der Waals surface area contributed by atoms with Gasteiger partial charge in [-0.25, -0.2) is 4.79 Å². The maximum absolute atomic E-state index is 12.4. The first kappa shape index (κ1) is 25.6. The standard InChI is InChI=1S/C27H42O8/c1-13(28)17-6-7-18-16-5-4-14-12-15(8-10-26(14,2)19(16)9-11-27(17,18)3)34-25-22(31)20(29)21(30)23(35-25)24(32)33/h14-23,25,29-31H,4-12H2,1-3H3,(H,32,33)/t14-,15+,16-,17+,18-,19-,20?,21+,22?,23?,25+,26-,27+/m0/s1. The highest BCUT2D eigenvalue weighted by atomic mass is 16.7. The number of fused-ring (bicyclic) bond motifs is 5. The molecule has 1 saturated heterocycles. The molecule has 0 bridgehead atoms. The van der Waals surface area contributed by atoms with Gasteiger partial charge in [-0.05, 0) is 99.2 Å². The highest BCUT2D eigenvalue weighted by Crippen LogP contribution is 2.67. The van der Waals surface area contributed by atoms with E-state index in [0.717, 1.165) is 38.5 Å². The molecular weight excluding hydrogens is 452 g/mol. The average Bonchev–Trinajstić information content (AvgIpc) is 3.17. The zero-order chi connectivity index (χ0) is 25.3. The van der Waals surface area contributed by atoms with Gasteiger partial charge in [-0.3, -0.25) is 4.79 Å². The number of ether oxygens (including phenoxy) is 2. The molecule has 5 fully saturated rings. The van der Waals surface area contributed by atoms with Crippen LogP contribution in [0, 0.1) is 40.4 Å². The molecule has 198 valence electrons. The first-order valence-electron chi connectivity index (χ1n) is 13.6. The predicted molar refractivity (Wildman–Crippen MR) is 125 cm³/mol. The molecule has 8 nitrogen and oxygen atoms in total. The molecule has 5 aliphatic rings. The van der Waals surface area contributed by atoms with Crippen molar-refractivity contribution in [1.29, 1.82) is 0 Å². The van der Waals surface area contributed by atoms with Crippen molar-refractivity contribution in [2.75, 3.05) is 0 Å². The maximum Gasteiger partial charge on any atom is 0.335 e. The van der Waals surface area contributed by atoms with Crippen LogP contribution >= 0.6 is 0 Å². The number of ketones is 1. The molecule has 0 amide bonds. The normalized spacial score (nSPS) is 53.8. The predicted octanol–water partition coefficient (Wildman–Crippen LogP) is 2.51. The Kier molecular flexibility index (Phi) is 6.61. The molecule has 13 atom stereocenters. The second-order valence-corrected chi connectivity index (χ2v) is 12.7. The molecule has 1 aliphatic heterocycles. The van der Waals surface area contributed by atoms with Crippen molar-refractivity contribution in [3.05, 3.63) is 0 Å². The number of carbonyl (C=O) groups is 2. The fourth-order valence-electron chi connectivity index (χ4n) is 9.36. The lowest BCUT2D eigenvalue weighted by molar-refractivity contribution is -0.309. The van der Waals surface area contributed by atoms with Gasteiger partial charge in [0.2, 0.25) is 0 Å². The van der Waals surface area contributed by atoms with Gasteiger partial charge in [0.1, 0.15) is 24.1 Å². The van der Waals surface area contributed by atoms with E-state index >= 15 is 0 Å². The van der Waals surface area contributed by atoms with Crippen LogP contribution in [0.2, 0.25) is 0 Å². The molecule has 4 aliphatic carbocycles. The average molecular weight is 495 g/mol. The van der Waals surface area contributed by atoms with E-state index in [1.807, 2.05) is 0 Å². The van der Waals surface area contributed by atoms with Crippen LogP contribution in [0.25, 0.3) is 0 Å². The van der Waals surface area contributed by atoms with Gasteiger partial charge in [-0.2, -0.15) is 0 Å². The smallest absolute Gasteiger partial charge is 0.335 e. The van der Waals surface area contributed by atoms with Crippen molar-refractivity contribution in [3.63, 3.8) is 0 Å². The highest BCUT2D eigenvalue weighted by molar-refractivity contribution is 5.79. The molecule has 0 radical (unpaired) electrons. The van der Waals surface area contributed by atoms with E-state index < -0.39 is 36.7 Å². The summed E-state index contributed by atoms with van der Waals surface area (Å²) in [5, 5.41) is 39.7. The fourth-order valence-corrected chi connectivity index (χ4v) is 9.36. The Hall–Kier alpha value is -1.06. The van der Waals surface area contributed by atoms with Gasteiger partial charge in [0.15, 0.2) is 12.4 Å². The van der Waals surface area contributed by atoms with Gasteiger partial charge in [-0.1, -0.05) is 13.8 Å². The summed E-state index contributed by atoms with van der Waals surface area (Å²) in [6.45, 7) is 6.59. The van der Waals surface area contributed by atoms with Gasteiger partial charge in [-0.15, -0.1) is 0 Å². The zero-order valence-corrected chi connectivity index (χ0v) is 21.1. The minimum Gasteiger partial charge on any atom is -0.479 e. The quantitative estimate of drug-likeness (QED) is 0.438. The molecule has 8 heteroatoms. The maximum atomic E-state index is 12.4. The molecule has 0 aromatic rings. The summed E-state index contributed by atoms with van der Waals surface area (Å²) < 4.78 is 11.4. The number of carbonyl (C=O) groups excluding carboxylic acids is 1. The lowest BCUT2D eigenvalue weighted by Gasteiger charge is -2.61. The second kappa shape index (κ2) is 9.05. The third-order valence-electron chi connectivity index (χ3n) is 11.2. The van der Waals surface area contributed by atoms with Crippen LogP contribution in [-0.2, 0) is 19.1 Å². The van der Waals surface area contributed by atoms with Gasteiger partial charge in [0, 0.05) is 5.92 Å². The van der Waals surface area contributed by atoms with Crippen LogP contribution in [-0.4, -0.2) is 69.0 Å². The van der Waals surface area contributed by atoms with E-state index in [1.54, 1.807) is 6.92 Å². The molecular formula is C27H42O8. The zero-order valence-electron chi connectivity index (χ0n) is 21.1. The van der Waals surface area contributed by atoms with Gasteiger partial charge < -0.3 is 29.9 Å². The number of aliphatic hydroxyl groups is 3. The number of carboxylic acids is 1. The Labute approximate surface area is 207 Å². The van der Waals surface area contributed by atoms with Crippen LogP contribution in [0.3, 0.4) is 0 Å². The third kappa shape index (κ3) is 3.99. The highest BCUT2D eigenvalue weighted by Gasteiger charge is 2.61. The van der Waals surface area contributed by atoms with E-state index in [-0.39, 0.29) is 22.9 Å². The van der Waals surface area contributed by atoms with Gasteiger partial charge in [0.25, 0.3) is 0 Å². The molecule has 4 N–H and O–H groups in total. The Morgan fingerprint density at radius 2 is 1.54 bits per heavy atom. The van der Waals surface area contributed by atoms with E-state index in [1.165, 1.54) is 19.3 Å². The van der Waals surface area contributed by atoms with Crippen LogP contribution in [0.5, 0.6) is 0 Å². The summed E-state index contributed by atoms with van der Waals surface area (Å²) >= 11 is 0. The second-order valence-electron chi connectivity index (χ2n) is 12.7. The summed E-state index contributed by atoms with van der Waals surface area (Å²) in [5.74, 6) is 1.62. The molecule has 0 spiro atoms.